The van der Waals surface area contributed by atoms with Crippen molar-refractivity contribution < 1.29 is 28.7 Å². The molecule has 9 heteroatoms. The molecule has 2 aromatic rings. The summed E-state index contributed by atoms with van der Waals surface area (Å²) in [6.07, 6.45) is 0. The van der Waals surface area contributed by atoms with E-state index in [-0.39, 0.29) is 16.8 Å². The number of nitro benzene ring substituents is 1. The molecule has 9 nitrogen and oxygen atoms in total. The first-order valence-electron chi connectivity index (χ1n) is 7.80. The van der Waals surface area contributed by atoms with Crippen LogP contribution < -0.4 is 14.8 Å². The van der Waals surface area contributed by atoms with Crippen LogP contribution in [0.4, 0.5) is 11.4 Å². The number of methoxy groups -OCH3 is 2. The largest absolute Gasteiger partial charge is 0.497 e. The maximum atomic E-state index is 12.2. The molecule has 27 heavy (non-hydrogen) atoms. The van der Waals surface area contributed by atoms with Crippen molar-refractivity contribution in [3.8, 4) is 11.5 Å². The van der Waals surface area contributed by atoms with E-state index in [1.807, 2.05) is 0 Å². The molecule has 1 N–H and O–H groups in total. The summed E-state index contributed by atoms with van der Waals surface area (Å²) in [4.78, 5) is 34.6. The molecule has 0 heterocycles. The van der Waals surface area contributed by atoms with Gasteiger partial charge in [-0.15, -0.1) is 0 Å². The van der Waals surface area contributed by atoms with Crippen molar-refractivity contribution in [2.45, 2.75) is 6.92 Å². The summed E-state index contributed by atoms with van der Waals surface area (Å²) in [5.74, 6) is -0.512. The van der Waals surface area contributed by atoms with Gasteiger partial charge >= 0.3 is 5.97 Å². The molecule has 0 aliphatic heterocycles. The van der Waals surface area contributed by atoms with Crippen molar-refractivity contribution in [1.29, 1.82) is 0 Å². The number of amides is 1. The van der Waals surface area contributed by atoms with Crippen LogP contribution in [0.5, 0.6) is 11.5 Å². The standard InChI is InChI=1S/C18H18N2O7/c1-11-13(5-4-6-15(11)20(23)24)18(22)27-10-17(21)19-14-9-12(25-2)7-8-16(14)26-3/h4-9H,10H2,1-3H3,(H,19,21). The van der Waals surface area contributed by atoms with Crippen LogP contribution in [-0.2, 0) is 9.53 Å². The lowest BCUT2D eigenvalue weighted by atomic mass is 10.1. The van der Waals surface area contributed by atoms with Gasteiger partial charge in [0.25, 0.3) is 11.6 Å². The van der Waals surface area contributed by atoms with E-state index in [0.29, 0.717) is 17.2 Å². The second kappa shape index (κ2) is 8.65. The van der Waals surface area contributed by atoms with Crippen LogP contribution in [0.3, 0.4) is 0 Å². The van der Waals surface area contributed by atoms with Crippen molar-refractivity contribution >= 4 is 23.3 Å². The predicted octanol–water partition coefficient (Wildman–Crippen LogP) is 2.72. The highest BCUT2D eigenvalue weighted by Crippen LogP contribution is 2.28. The number of ether oxygens (including phenoxy) is 3. The summed E-state index contributed by atoms with van der Waals surface area (Å²) in [6, 6.07) is 8.90. The van der Waals surface area contributed by atoms with Crippen LogP contribution in [0.15, 0.2) is 36.4 Å². The van der Waals surface area contributed by atoms with E-state index >= 15 is 0 Å². The first-order chi connectivity index (χ1) is 12.9. The number of hydrogen-bond donors (Lipinski definition) is 1. The Labute approximate surface area is 155 Å². The highest BCUT2D eigenvalue weighted by atomic mass is 16.6. The van der Waals surface area contributed by atoms with Crippen LogP contribution in [0.1, 0.15) is 15.9 Å². The van der Waals surface area contributed by atoms with Crippen LogP contribution >= 0.6 is 0 Å². The number of nitrogens with one attached hydrogen (secondary N) is 1. The lowest BCUT2D eigenvalue weighted by Crippen LogP contribution is -2.21. The molecule has 0 saturated heterocycles. The van der Waals surface area contributed by atoms with Crippen molar-refractivity contribution in [2.75, 3.05) is 26.1 Å². The van der Waals surface area contributed by atoms with Crippen LogP contribution in [0, 0.1) is 17.0 Å². The van der Waals surface area contributed by atoms with E-state index in [4.69, 9.17) is 14.2 Å². The first-order valence-corrected chi connectivity index (χ1v) is 7.80. The van der Waals surface area contributed by atoms with E-state index in [1.54, 1.807) is 18.2 Å². The van der Waals surface area contributed by atoms with Crippen LogP contribution in [0.2, 0.25) is 0 Å². The quantitative estimate of drug-likeness (QED) is 0.450. The molecule has 0 radical (unpaired) electrons. The number of carbonyl (C=O) groups excluding carboxylic acids is 2. The van der Waals surface area contributed by atoms with Gasteiger partial charge in [0.1, 0.15) is 11.5 Å². The van der Waals surface area contributed by atoms with Crippen LogP contribution in [0.25, 0.3) is 0 Å². The molecular weight excluding hydrogens is 356 g/mol. The number of hydrogen-bond acceptors (Lipinski definition) is 7. The van der Waals surface area contributed by atoms with Gasteiger partial charge in [0, 0.05) is 17.7 Å². The number of benzene rings is 2. The van der Waals surface area contributed by atoms with Crippen molar-refractivity contribution in [2.24, 2.45) is 0 Å². The first kappa shape index (κ1) is 19.7. The lowest BCUT2D eigenvalue weighted by molar-refractivity contribution is -0.385. The van der Waals surface area contributed by atoms with Gasteiger partial charge in [-0.05, 0) is 25.1 Å². The average molecular weight is 374 g/mol. The molecule has 1 amide bonds. The molecule has 0 aromatic heterocycles. The Balaban J connectivity index is 2.05. The fourth-order valence-electron chi connectivity index (χ4n) is 2.35. The Morgan fingerprint density at radius 3 is 2.52 bits per heavy atom. The molecule has 142 valence electrons. The highest BCUT2D eigenvalue weighted by molar-refractivity contribution is 5.97. The Kier molecular flexibility index (Phi) is 6.32. The number of carbonyl (C=O) groups is 2. The normalized spacial score (nSPS) is 10.0. The molecule has 0 atom stereocenters. The molecule has 0 spiro atoms. The summed E-state index contributed by atoms with van der Waals surface area (Å²) in [7, 11) is 2.93. The van der Waals surface area contributed by atoms with Gasteiger partial charge in [0.15, 0.2) is 6.61 Å². The topological polar surface area (TPSA) is 117 Å². The average Bonchev–Trinajstić information content (AvgIpc) is 2.65. The molecule has 2 rings (SSSR count). The van der Waals surface area contributed by atoms with Gasteiger partial charge in [-0.25, -0.2) is 4.79 Å². The smallest absolute Gasteiger partial charge is 0.339 e. The zero-order valence-electron chi connectivity index (χ0n) is 15.0. The number of nitrogens with zero attached hydrogens (tertiary/aromatic N) is 1. The predicted molar refractivity (Wildman–Crippen MR) is 96.3 cm³/mol. The number of nitro groups is 1. The maximum Gasteiger partial charge on any atom is 0.339 e. The maximum absolute atomic E-state index is 12.2. The van der Waals surface area contributed by atoms with Gasteiger partial charge in [-0.1, -0.05) is 6.07 Å². The zero-order chi connectivity index (χ0) is 20.0. The monoisotopic (exact) mass is 374 g/mol. The van der Waals surface area contributed by atoms with Crippen molar-refractivity contribution in [3.05, 3.63) is 57.6 Å². The summed E-state index contributed by atoms with van der Waals surface area (Å²) in [5.41, 5.74) is 0.345. The van der Waals surface area contributed by atoms with Gasteiger partial charge in [-0.2, -0.15) is 0 Å². The fraction of sp³-hybridized carbons (Fsp3) is 0.222. The van der Waals surface area contributed by atoms with Gasteiger partial charge in [0.2, 0.25) is 0 Å². The number of rotatable bonds is 7. The summed E-state index contributed by atoms with van der Waals surface area (Å²) in [5, 5.41) is 13.5. The minimum Gasteiger partial charge on any atom is -0.497 e. The van der Waals surface area contributed by atoms with E-state index in [9.17, 15) is 19.7 Å². The third-order valence-corrected chi connectivity index (χ3v) is 3.74. The molecule has 0 fully saturated rings. The van der Waals surface area contributed by atoms with Gasteiger partial charge in [0.05, 0.1) is 30.4 Å². The van der Waals surface area contributed by atoms with E-state index in [0.717, 1.165) is 0 Å². The molecular formula is C18H18N2O7. The Bertz CT molecular complexity index is 880. The SMILES string of the molecule is COc1ccc(OC)c(NC(=O)COC(=O)c2cccc([N+](=O)[O-])c2C)c1. The molecule has 0 saturated carbocycles. The van der Waals surface area contributed by atoms with Crippen LogP contribution in [-0.4, -0.2) is 37.6 Å². The minimum absolute atomic E-state index is 0.0240. The number of esters is 1. The molecule has 0 aliphatic carbocycles. The van der Waals surface area contributed by atoms with E-state index < -0.39 is 23.4 Å². The molecule has 0 unspecified atom stereocenters. The summed E-state index contributed by atoms with van der Waals surface area (Å²) in [6.45, 7) is 0.872. The molecule has 0 bridgehead atoms. The third-order valence-electron chi connectivity index (χ3n) is 3.74. The Hall–Kier alpha value is -3.62. The Morgan fingerprint density at radius 2 is 1.89 bits per heavy atom. The van der Waals surface area contributed by atoms with Gasteiger partial charge in [-0.3, -0.25) is 14.9 Å². The minimum atomic E-state index is -0.830. The van der Waals surface area contributed by atoms with Crippen molar-refractivity contribution in [3.63, 3.8) is 0 Å². The summed E-state index contributed by atoms with van der Waals surface area (Å²) < 4.78 is 15.2. The van der Waals surface area contributed by atoms with Crippen molar-refractivity contribution in [1.82, 2.24) is 0 Å². The summed E-state index contributed by atoms with van der Waals surface area (Å²) >= 11 is 0. The van der Waals surface area contributed by atoms with E-state index in [1.165, 1.54) is 39.3 Å². The lowest BCUT2D eigenvalue weighted by Gasteiger charge is -2.12. The molecule has 0 aliphatic rings. The van der Waals surface area contributed by atoms with Gasteiger partial charge < -0.3 is 19.5 Å². The molecule has 2 aromatic carbocycles. The second-order valence-corrected chi connectivity index (χ2v) is 5.40. The van der Waals surface area contributed by atoms with E-state index in [2.05, 4.69) is 5.32 Å². The number of anilines is 1. The highest BCUT2D eigenvalue weighted by Gasteiger charge is 2.20. The third kappa shape index (κ3) is 4.72. The fourth-order valence-corrected chi connectivity index (χ4v) is 2.35. The second-order valence-electron chi connectivity index (χ2n) is 5.40. The zero-order valence-corrected chi connectivity index (χ0v) is 15.0. The Morgan fingerprint density at radius 1 is 1.15 bits per heavy atom.